The van der Waals surface area contributed by atoms with Crippen molar-refractivity contribution in [3.8, 4) is 5.75 Å². The van der Waals surface area contributed by atoms with Gasteiger partial charge in [-0.25, -0.2) is 13.4 Å². The van der Waals surface area contributed by atoms with Crippen molar-refractivity contribution in [2.24, 2.45) is 10.9 Å². The number of hydrazone groups is 1. The van der Waals surface area contributed by atoms with Crippen molar-refractivity contribution < 1.29 is 22.7 Å². The van der Waals surface area contributed by atoms with E-state index in [9.17, 15) is 13.2 Å². The molecule has 2 aliphatic rings. The first-order chi connectivity index (χ1) is 19.7. The molecule has 1 atom stereocenters. The van der Waals surface area contributed by atoms with Crippen LogP contribution >= 0.6 is 23.2 Å². The molecule has 0 unspecified atom stereocenters. The molecule has 1 aromatic heterocycles. The number of halogens is 2. The first-order valence-corrected chi connectivity index (χ1v) is 15.5. The maximum atomic E-state index is 13.8. The van der Waals surface area contributed by atoms with E-state index in [1.54, 1.807) is 12.4 Å². The second-order valence-electron chi connectivity index (χ2n) is 10.1. The zero-order chi connectivity index (χ0) is 29.1. The van der Waals surface area contributed by atoms with Crippen LogP contribution in [0.2, 0.25) is 10.0 Å². The molecule has 3 aromatic rings. The predicted octanol–water partition coefficient (Wildman–Crippen LogP) is 4.49. The Morgan fingerprint density at radius 2 is 1.90 bits per heavy atom. The van der Waals surface area contributed by atoms with Gasteiger partial charge in [-0.1, -0.05) is 41.4 Å². The second kappa shape index (κ2) is 12.4. The number of piperidine rings is 1. The van der Waals surface area contributed by atoms with Crippen LogP contribution in [0.4, 0.5) is 0 Å². The van der Waals surface area contributed by atoms with Crippen LogP contribution in [0, 0.1) is 6.92 Å². The van der Waals surface area contributed by atoms with Crippen LogP contribution in [-0.4, -0.2) is 66.7 Å². The van der Waals surface area contributed by atoms with Crippen molar-refractivity contribution in [1.82, 2.24) is 14.2 Å². The number of sulfonamides is 1. The maximum Gasteiger partial charge on any atom is 0.324 e. The number of carbonyl (C=O) groups excluding carboxylic acids is 1. The van der Waals surface area contributed by atoms with E-state index >= 15 is 0 Å². The van der Waals surface area contributed by atoms with Crippen LogP contribution in [-0.2, 0) is 26.2 Å². The summed E-state index contributed by atoms with van der Waals surface area (Å²) in [5.41, 5.74) is 1.84. The zero-order valence-electron chi connectivity index (χ0n) is 22.5. The van der Waals surface area contributed by atoms with Gasteiger partial charge >= 0.3 is 5.97 Å². The molecule has 2 fully saturated rings. The lowest BCUT2D eigenvalue weighted by Crippen LogP contribution is -2.44. The number of carbonyl (C=O) groups is 1. The Morgan fingerprint density at radius 3 is 2.66 bits per heavy atom. The number of rotatable bonds is 8. The third-order valence-electron chi connectivity index (χ3n) is 7.40. The summed E-state index contributed by atoms with van der Waals surface area (Å²) in [6, 6.07) is 11.3. The van der Waals surface area contributed by atoms with Crippen LogP contribution in [0.5, 0.6) is 5.75 Å². The highest BCUT2D eigenvalue weighted by atomic mass is 35.5. The molecule has 41 heavy (non-hydrogen) atoms. The summed E-state index contributed by atoms with van der Waals surface area (Å²) in [6.45, 7) is 3.28. The Balaban J connectivity index is 1.33. The van der Waals surface area contributed by atoms with Gasteiger partial charge in [0.1, 0.15) is 41.3 Å². The summed E-state index contributed by atoms with van der Waals surface area (Å²) in [4.78, 5) is 19.5. The summed E-state index contributed by atoms with van der Waals surface area (Å²) in [7, 11) is -4.15. The minimum atomic E-state index is -4.15. The summed E-state index contributed by atoms with van der Waals surface area (Å²) in [5, 5.41) is 4.65. The van der Waals surface area contributed by atoms with Crippen molar-refractivity contribution in [2.45, 2.75) is 56.3 Å². The highest BCUT2D eigenvalue weighted by Gasteiger charge is 2.42. The van der Waals surface area contributed by atoms with E-state index in [0.29, 0.717) is 55.6 Å². The number of aromatic nitrogens is 1. The number of aryl methyl sites for hydroxylation is 1. The minimum absolute atomic E-state index is 0.0465. The maximum absolute atomic E-state index is 13.8. The predicted molar refractivity (Wildman–Crippen MR) is 158 cm³/mol. The van der Waals surface area contributed by atoms with E-state index in [2.05, 4.69) is 10.1 Å². The minimum Gasteiger partial charge on any atom is -0.487 e. The van der Waals surface area contributed by atoms with Gasteiger partial charge in [-0.15, -0.1) is 0 Å². The van der Waals surface area contributed by atoms with Crippen LogP contribution in [0.1, 0.15) is 36.9 Å². The lowest BCUT2D eigenvalue weighted by molar-refractivity contribution is -0.154. The normalized spacial score (nSPS) is 18.8. The van der Waals surface area contributed by atoms with Gasteiger partial charge in [-0.2, -0.15) is 9.41 Å². The number of fused-ring (bicyclic) bond motifs is 1. The molecule has 0 spiro atoms. The molecular formula is C28H31Cl2N5O5S. The Labute approximate surface area is 249 Å². The number of esters is 1. The Bertz CT molecular complexity index is 1580. The van der Waals surface area contributed by atoms with E-state index in [0.717, 1.165) is 11.1 Å². The Morgan fingerprint density at radius 1 is 1.12 bits per heavy atom. The summed E-state index contributed by atoms with van der Waals surface area (Å²) in [5.74, 6) is 5.18. The second-order valence-corrected chi connectivity index (χ2v) is 12.8. The number of nitrogens with two attached hydrogens (primary N) is 1. The molecule has 218 valence electrons. The van der Waals surface area contributed by atoms with Gasteiger partial charge in [0, 0.05) is 54.1 Å². The van der Waals surface area contributed by atoms with Crippen LogP contribution in [0.3, 0.4) is 0 Å². The molecule has 0 aliphatic carbocycles. The highest BCUT2D eigenvalue weighted by molar-refractivity contribution is 7.89. The fourth-order valence-electron chi connectivity index (χ4n) is 5.23. The smallest absolute Gasteiger partial charge is 0.324 e. The van der Waals surface area contributed by atoms with Crippen LogP contribution < -0.4 is 10.6 Å². The van der Waals surface area contributed by atoms with Crippen molar-refractivity contribution >= 4 is 56.4 Å². The monoisotopic (exact) mass is 619 g/mol. The fourth-order valence-corrected chi connectivity index (χ4v) is 7.74. The van der Waals surface area contributed by atoms with Gasteiger partial charge in [0.2, 0.25) is 10.0 Å². The van der Waals surface area contributed by atoms with Crippen LogP contribution in [0.15, 0.2) is 52.5 Å². The number of hydrogen-bond acceptors (Lipinski definition) is 8. The number of likely N-dealkylation sites (tertiary alicyclic amines) is 1. The van der Waals surface area contributed by atoms with Crippen molar-refractivity contribution in [1.29, 1.82) is 0 Å². The molecule has 5 rings (SSSR count). The largest absolute Gasteiger partial charge is 0.487 e. The molecule has 0 bridgehead atoms. The topological polar surface area (TPSA) is 127 Å². The van der Waals surface area contributed by atoms with Gasteiger partial charge in [-0.3, -0.25) is 4.79 Å². The van der Waals surface area contributed by atoms with Gasteiger partial charge in [0.05, 0.1) is 5.02 Å². The van der Waals surface area contributed by atoms with Gasteiger partial charge in [-0.05, 0) is 44.0 Å². The molecule has 2 saturated heterocycles. The quantitative estimate of drug-likeness (QED) is 0.128. The average Bonchev–Trinajstić information content (AvgIpc) is 3.46. The molecule has 2 N–H and O–H groups in total. The van der Waals surface area contributed by atoms with Gasteiger partial charge < -0.3 is 20.2 Å². The number of para-hydroxylation sites is 1. The molecule has 0 saturated carbocycles. The number of pyridine rings is 1. The molecule has 2 aromatic carbocycles. The van der Waals surface area contributed by atoms with E-state index in [1.807, 2.05) is 36.1 Å². The fraction of sp³-hybridized carbons (Fsp3) is 0.393. The third-order valence-corrected chi connectivity index (χ3v) is 10.2. The molecule has 3 heterocycles. The van der Waals surface area contributed by atoms with Crippen LogP contribution in [0.25, 0.3) is 10.9 Å². The van der Waals surface area contributed by atoms with E-state index in [4.69, 9.17) is 38.5 Å². The third kappa shape index (κ3) is 6.23. The van der Waals surface area contributed by atoms with Gasteiger partial charge in [0.15, 0.2) is 0 Å². The van der Waals surface area contributed by atoms with E-state index in [-0.39, 0.29) is 34.2 Å². The van der Waals surface area contributed by atoms with Gasteiger partial charge in [0.25, 0.3) is 0 Å². The molecule has 2 aliphatic heterocycles. The van der Waals surface area contributed by atoms with Crippen molar-refractivity contribution in [3.63, 3.8) is 0 Å². The number of ether oxygens (including phenoxy) is 2. The SMILES string of the molecule is Cc1ccc2cccc(OCc3c(Cl)ccc(S(=O)(=O)N4CCC[C@H]4C(=O)OC4CCN(C=NN)CC4)c3Cl)c2n1. The number of benzene rings is 2. The molecule has 0 radical (unpaired) electrons. The summed E-state index contributed by atoms with van der Waals surface area (Å²) < 4.78 is 40.6. The lowest BCUT2D eigenvalue weighted by atomic mass is 10.1. The molecule has 0 amide bonds. The van der Waals surface area contributed by atoms with E-state index in [1.165, 1.54) is 16.4 Å². The summed E-state index contributed by atoms with van der Waals surface area (Å²) in [6.07, 6.45) is 3.36. The number of hydrogen-bond donors (Lipinski definition) is 1. The number of nitrogens with zero attached hydrogens (tertiary/aromatic N) is 4. The molecule has 10 nitrogen and oxygen atoms in total. The Hall–Kier alpha value is -3.12. The average molecular weight is 621 g/mol. The lowest BCUT2D eigenvalue weighted by Gasteiger charge is -2.31. The highest BCUT2D eigenvalue weighted by Crippen LogP contribution is 2.37. The molecular weight excluding hydrogens is 589 g/mol. The molecule has 13 heteroatoms. The van der Waals surface area contributed by atoms with E-state index < -0.39 is 22.0 Å². The summed E-state index contributed by atoms with van der Waals surface area (Å²) >= 11 is 13.1. The zero-order valence-corrected chi connectivity index (χ0v) is 24.8. The first-order valence-electron chi connectivity index (χ1n) is 13.3. The van der Waals surface area contributed by atoms with Crippen molar-refractivity contribution in [3.05, 3.63) is 63.8 Å². The van der Waals surface area contributed by atoms with Crippen molar-refractivity contribution in [2.75, 3.05) is 19.6 Å². The Kier molecular flexibility index (Phi) is 8.88. The first kappa shape index (κ1) is 29.4. The standard InChI is InChI=1S/C28H31Cl2N5O5S/c1-18-7-8-19-4-2-6-24(27(19)33-18)39-16-21-22(29)9-10-25(26(21)30)41(37,38)35-13-3-5-23(35)28(36)40-20-11-14-34(15-12-20)17-32-31/h2,4,6-10,17,20,23H,3,5,11-16,31H2,1H3/t23-/m0/s1.